The van der Waals surface area contributed by atoms with E-state index in [4.69, 9.17) is 20.3 Å². The summed E-state index contributed by atoms with van der Waals surface area (Å²) in [6, 6.07) is 16.1. The van der Waals surface area contributed by atoms with Crippen molar-refractivity contribution in [1.82, 2.24) is 0 Å². The monoisotopic (exact) mass is 441 g/mol. The summed E-state index contributed by atoms with van der Waals surface area (Å²) in [6.45, 7) is -0.410. The first-order valence-electron chi connectivity index (χ1n) is 10.1. The average molecular weight is 441 g/mol. The van der Waals surface area contributed by atoms with E-state index >= 15 is 4.39 Å². The average Bonchev–Trinajstić information content (AvgIpc) is 2.78. The molecule has 0 aliphatic heterocycles. The second-order valence-electron chi connectivity index (χ2n) is 7.41. The highest BCUT2D eigenvalue weighted by Gasteiger charge is 2.16. The molecule has 1 unspecified atom stereocenters. The van der Waals surface area contributed by atoms with E-state index in [-0.39, 0.29) is 18.6 Å². The topological polar surface area (TPSA) is 81.8 Å². The lowest BCUT2D eigenvalue weighted by Gasteiger charge is -2.15. The SMILES string of the molecule is COCc1cc(COc2ccccc2CC(=O)O)cc(-c2cccc(C(N)CF)c2F)c1. The molecule has 0 saturated heterocycles. The largest absolute Gasteiger partial charge is 0.489 e. The molecule has 0 aromatic heterocycles. The standard InChI is InChI=1S/C25H25F2NO4/c1-31-14-16-9-17(15-32-23-8-3-2-5-18(23)12-24(29)30)11-19(10-16)20-6-4-7-21(25(20)27)22(28)13-26/h2-11,22H,12-15,28H2,1H3,(H,29,30). The number of ether oxygens (including phenoxy) is 2. The summed E-state index contributed by atoms with van der Waals surface area (Å²) >= 11 is 0. The summed E-state index contributed by atoms with van der Waals surface area (Å²) in [7, 11) is 1.56. The highest BCUT2D eigenvalue weighted by molar-refractivity contribution is 5.71. The van der Waals surface area contributed by atoms with E-state index in [9.17, 15) is 9.18 Å². The van der Waals surface area contributed by atoms with Gasteiger partial charge in [0.2, 0.25) is 0 Å². The Kier molecular flexibility index (Phi) is 7.92. The van der Waals surface area contributed by atoms with Crippen LogP contribution in [0.15, 0.2) is 60.7 Å². The molecule has 3 aromatic rings. The highest BCUT2D eigenvalue weighted by Crippen LogP contribution is 2.30. The van der Waals surface area contributed by atoms with Crippen LogP contribution >= 0.6 is 0 Å². The number of hydrogen-bond donors (Lipinski definition) is 2. The van der Waals surface area contributed by atoms with Crippen molar-refractivity contribution in [2.75, 3.05) is 13.8 Å². The maximum absolute atomic E-state index is 15.1. The predicted molar refractivity (Wildman–Crippen MR) is 118 cm³/mol. The molecule has 7 heteroatoms. The van der Waals surface area contributed by atoms with E-state index < -0.39 is 24.5 Å². The van der Waals surface area contributed by atoms with Gasteiger partial charge in [0, 0.05) is 23.8 Å². The number of rotatable bonds is 10. The number of para-hydroxylation sites is 1. The highest BCUT2D eigenvalue weighted by atomic mass is 19.1. The van der Waals surface area contributed by atoms with Crippen LogP contribution in [0.25, 0.3) is 11.1 Å². The fraction of sp³-hybridized carbons (Fsp3) is 0.240. The van der Waals surface area contributed by atoms with Gasteiger partial charge in [0.1, 0.15) is 24.8 Å². The Labute approximate surface area is 185 Å². The zero-order chi connectivity index (χ0) is 23.1. The van der Waals surface area contributed by atoms with Gasteiger partial charge in [-0.25, -0.2) is 8.78 Å². The van der Waals surface area contributed by atoms with Crippen molar-refractivity contribution in [3.63, 3.8) is 0 Å². The number of alkyl halides is 1. The second kappa shape index (κ2) is 10.8. The van der Waals surface area contributed by atoms with Crippen LogP contribution < -0.4 is 10.5 Å². The molecule has 5 nitrogen and oxygen atoms in total. The normalized spacial score (nSPS) is 11.9. The molecule has 0 aliphatic carbocycles. The Morgan fingerprint density at radius 1 is 1.06 bits per heavy atom. The quantitative estimate of drug-likeness (QED) is 0.472. The van der Waals surface area contributed by atoms with Gasteiger partial charge in [-0.2, -0.15) is 0 Å². The number of hydrogen-bond acceptors (Lipinski definition) is 4. The third-order valence-corrected chi connectivity index (χ3v) is 4.98. The van der Waals surface area contributed by atoms with Gasteiger partial charge in [-0.15, -0.1) is 0 Å². The first-order valence-corrected chi connectivity index (χ1v) is 10.1. The van der Waals surface area contributed by atoms with E-state index in [1.54, 1.807) is 55.6 Å². The fourth-order valence-corrected chi connectivity index (χ4v) is 3.51. The van der Waals surface area contributed by atoms with E-state index in [0.717, 1.165) is 11.1 Å². The van der Waals surface area contributed by atoms with Crippen molar-refractivity contribution in [2.45, 2.75) is 25.7 Å². The van der Waals surface area contributed by atoms with Gasteiger partial charge in [0.25, 0.3) is 0 Å². The minimum Gasteiger partial charge on any atom is -0.489 e. The molecule has 1 atom stereocenters. The molecule has 0 aliphatic rings. The minimum atomic E-state index is -1.04. The third-order valence-electron chi connectivity index (χ3n) is 4.98. The maximum Gasteiger partial charge on any atom is 0.307 e. The van der Waals surface area contributed by atoms with Gasteiger partial charge in [0.15, 0.2) is 0 Å². The van der Waals surface area contributed by atoms with Crippen molar-refractivity contribution in [3.8, 4) is 16.9 Å². The second-order valence-corrected chi connectivity index (χ2v) is 7.41. The molecule has 0 fully saturated rings. The van der Waals surface area contributed by atoms with Crippen molar-refractivity contribution in [1.29, 1.82) is 0 Å². The fourth-order valence-electron chi connectivity index (χ4n) is 3.51. The van der Waals surface area contributed by atoms with Crippen LogP contribution in [-0.2, 0) is 29.2 Å². The Morgan fingerprint density at radius 2 is 1.78 bits per heavy atom. The predicted octanol–water partition coefficient (Wildman–Crippen LogP) is 4.81. The summed E-state index contributed by atoms with van der Waals surface area (Å²) < 4.78 is 39.3. The molecule has 168 valence electrons. The summed E-state index contributed by atoms with van der Waals surface area (Å²) in [6.07, 6.45) is -0.155. The van der Waals surface area contributed by atoms with Crippen molar-refractivity contribution >= 4 is 5.97 Å². The van der Waals surface area contributed by atoms with Crippen molar-refractivity contribution in [3.05, 3.63) is 88.7 Å². The van der Waals surface area contributed by atoms with E-state index in [1.807, 2.05) is 6.07 Å². The number of nitrogens with two attached hydrogens (primary N) is 1. The van der Waals surface area contributed by atoms with Gasteiger partial charge in [0.05, 0.1) is 19.1 Å². The number of carboxylic acids is 1. The number of carbonyl (C=O) groups is 1. The van der Waals surface area contributed by atoms with Crippen LogP contribution in [0, 0.1) is 5.82 Å². The van der Waals surface area contributed by atoms with E-state index in [2.05, 4.69) is 0 Å². The minimum absolute atomic E-state index is 0.113. The summed E-state index contributed by atoms with van der Waals surface area (Å²) in [5.41, 5.74) is 8.83. The van der Waals surface area contributed by atoms with Gasteiger partial charge < -0.3 is 20.3 Å². The lowest BCUT2D eigenvalue weighted by atomic mass is 9.96. The van der Waals surface area contributed by atoms with Crippen molar-refractivity contribution < 1.29 is 28.2 Å². The molecule has 0 bridgehead atoms. The summed E-state index contributed by atoms with van der Waals surface area (Å²) in [5, 5.41) is 9.10. The first-order chi connectivity index (χ1) is 15.4. The molecule has 0 spiro atoms. The summed E-state index contributed by atoms with van der Waals surface area (Å²) in [4.78, 5) is 11.1. The zero-order valence-electron chi connectivity index (χ0n) is 17.7. The van der Waals surface area contributed by atoms with Crippen LogP contribution in [0.1, 0.15) is 28.3 Å². The van der Waals surface area contributed by atoms with Crippen LogP contribution in [0.2, 0.25) is 0 Å². The first kappa shape index (κ1) is 23.4. The van der Waals surface area contributed by atoms with Crippen LogP contribution in [0.4, 0.5) is 8.78 Å². The molecule has 0 amide bonds. The molecule has 0 heterocycles. The number of methoxy groups -OCH3 is 1. The smallest absolute Gasteiger partial charge is 0.307 e. The lowest BCUT2D eigenvalue weighted by Crippen LogP contribution is -2.14. The molecule has 3 aromatic carbocycles. The molecule has 0 saturated carbocycles. The van der Waals surface area contributed by atoms with Gasteiger partial charge in [-0.3, -0.25) is 4.79 Å². The van der Waals surface area contributed by atoms with E-state index in [1.165, 1.54) is 6.07 Å². The number of benzene rings is 3. The van der Waals surface area contributed by atoms with Crippen LogP contribution in [-0.4, -0.2) is 24.9 Å². The Balaban J connectivity index is 1.94. The van der Waals surface area contributed by atoms with Crippen LogP contribution in [0.3, 0.4) is 0 Å². The molecular weight excluding hydrogens is 416 g/mol. The van der Waals surface area contributed by atoms with E-state index in [0.29, 0.717) is 29.0 Å². The molecule has 32 heavy (non-hydrogen) atoms. The third kappa shape index (κ3) is 5.69. The maximum atomic E-state index is 15.1. The molecular formula is C25H25F2NO4. The molecule has 0 radical (unpaired) electrons. The Morgan fingerprint density at radius 3 is 2.47 bits per heavy atom. The molecule has 3 N–H and O–H groups in total. The zero-order valence-corrected chi connectivity index (χ0v) is 17.7. The van der Waals surface area contributed by atoms with Crippen molar-refractivity contribution in [2.24, 2.45) is 5.73 Å². The number of halogens is 2. The number of carboxylic acid groups (broad SMARTS) is 1. The molecule has 3 rings (SSSR count). The number of aliphatic carboxylic acids is 1. The lowest BCUT2D eigenvalue weighted by molar-refractivity contribution is -0.136. The Hall–Kier alpha value is -3.29. The van der Waals surface area contributed by atoms with Gasteiger partial charge >= 0.3 is 5.97 Å². The van der Waals surface area contributed by atoms with Crippen LogP contribution in [0.5, 0.6) is 5.75 Å². The van der Waals surface area contributed by atoms with Gasteiger partial charge in [-0.05, 0) is 34.9 Å². The summed E-state index contributed by atoms with van der Waals surface area (Å²) in [5.74, 6) is -1.05. The Bertz CT molecular complexity index is 1090. The van der Waals surface area contributed by atoms with Gasteiger partial charge in [-0.1, -0.05) is 42.5 Å².